The molecule has 7 heteroatoms. The molecule has 146 valence electrons. The number of ether oxygens (including phenoxy) is 2. The molecule has 0 aliphatic carbocycles. The van der Waals surface area contributed by atoms with Gasteiger partial charge in [0, 0.05) is 16.1 Å². The maximum absolute atomic E-state index is 12.4. The molecule has 0 fully saturated rings. The highest BCUT2D eigenvalue weighted by Crippen LogP contribution is 2.19. The minimum absolute atomic E-state index is 0.317. The Hall–Kier alpha value is -3.64. The molecule has 29 heavy (non-hydrogen) atoms. The Morgan fingerprint density at radius 2 is 1.59 bits per heavy atom. The van der Waals surface area contributed by atoms with E-state index in [-0.39, 0.29) is 5.91 Å². The zero-order valence-corrected chi connectivity index (χ0v) is 16.2. The number of nitrogens with zero attached hydrogens (tertiary/aromatic N) is 1. The van der Waals surface area contributed by atoms with Crippen molar-refractivity contribution in [1.82, 2.24) is 5.43 Å². The lowest BCUT2D eigenvalue weighted by Crippen LogP contribution is -2.17. The smallest absolute Gasteiger partial charge is 0.343 e. The van der Waals surface area contributed by atoms with Gasteiger partial charge in [0.15, 0.2) is 0 Å². The fourth-order valence-corrected chi connectivity index (χ4v) is 2.52. The molecule has 0 radical (unpaired) electrons. The third kappa shape index (κ3) is 5.43. The summed E-state index contributed by atoms with van der Waals surface area (Å²) >= 11 is 5.81. The maximum Gasteiger partial charge on any atom is 0.343 e. The number of nitrogens with one attached hydrogen (secondary N) is 1. The molecule has 3 aromatic carbocycles. The zero-order valence-electron chi connectivity index (χ0n) is 15.5. The Balaban J connectivity index is 1.67. The third-order valence-corrected chi connectivity index (χ3v) is 4.18. The Bertz CT molecular complexity index is 1030. The van der Waals surface area contributed by atoms with Crippen LogP contribution in [0.5, 0.6) is 11.5 Å². The van der Waals surface area contributed by atoms with Gasteiger partial charge in [-0.1, -0.05) is 23.7 Å². The van der Waals surface area contributed by atoms with Gasteiger partial charge in [-0.2, -0.15) is 5.10 Å². The molecule has 0 aliphatic heterocycles. The van der Waals surface area contributed by atoms with Crippen LogP contribution >= 0.6 is 11.6 Å². The van der Waals surface area contributed by atoms with Crippen molar-refractivity contribution in [3.63, 3.8) is 0 Å². The van der Waals surface area contributed by atoms with E-state index in [0.717, 1.165) is 0 Å². The van der Waals surface area contributed by atoms with Crippen molar-refractivity contribution in [2.45, 2.75) is 0 Å². The summed E-state index contributed by atoms with van der Waals surface area (Å²) in [4.78, 5) is 24.5. The van der Waals surface area contributed by atoms with Gasteiger partial charge in [-0.15, -0.1) is 0 Å². The Kier molecular flexibility index (Phi) is 6.60. The number of methoxy groups -OCH3 is 1. The fraction of sp³-hybridized carbons (Fsp3) is 0.0455. The summed E-state index contributed by atoms with van der Waals surface area (Å²) < 4.78 is 10.5. The second-order valence-electron chi connectivity index (χ2n) is 5.86. The summed E-state index contributed by atoms with van der Waals surface area (Å²) in [6, 6.07) is 19.9. The molecule has 6 nitrogen and oxygen atoms in total. The first kappa shape index (κ1) is 20.1. The van der Waals surface area contributed by atoms with Crippen LogP contribution in [0.15, 0.2) is 77.9 Å². The number of carbonyl (C=O) groups is 2. The molecule has 0 aliphatic rings. The van der Waals surface area contributed by atoms with E-state index in [0.29, 0.717) is 33.2 Å². The van der Waals surface area contributed by atoms with Crippen LogP contribution in [0.1, 0.15) is 26.3 Å². The molecule has 1 amide bonds. The molecule has 0 saturated carbocycles. The van der Waals surface area contributed by atoms with Gasteiger partial charge in [-0.25, -0.2) is 10.2 Å². The average Bonchev–Trinajstić information content (AvgIpc) is 2.75. The van der Waals surface area contributed by atoms with E-state index < -0.39 is 5.97 Å². The number of esters is 1. The molecule has 0 bridgehead atoms. The van der Waals surface area contributed by atoms with Crippen molar-refractivity contribution in [3.05, 3.63) is 94.5 Å². The van der Waals surface area contributed by atoms with Gasteiger partial charge in [0.25, 0.3) is 5.91 Å². The predicted molar refractivity (Wildman–Crippen MR) is 111 cm³/mol. The maximum atomic E-state index is 12.4. The number of hydrogen-bond acceptors (Lipinski definition) is 5. The number of carbonyl (C=O) groups excluding carboxylic acids is 2. The summed E-state index contributed by atoms with van der Waals surface area (Å²) in [5.41, 5.74) is 3.76. The Morgan fingerprint density at radius 1 is 0.931 bits per heavy atom. The van der Waals surface area contributed by atoms with Gasteiger partial charge < -0.3 is 9.47 Å². The molecular weight excluding hydrogens is 392 g/mol. The number of benzene rings is 3. The van der Waals surface area contributed by atoms with Crippen LogP contribution in [0, 0.1) is 0 Å². The van der Waals surface area contributed by atoms with E-state index >= 15 is 0 Å². The molecule has 0 aromatic heterocycles. The van der Waals surface area contributed by atoms with Crippen LogP contribution < -0.4 is 14.9 Å². The van der Waals surface area contributed by atoms with Crippen molar-refractivity contribution in [3.8, 4) is 11.5 Å². The summed E-state index contributed by atoms with van der Waals surface area (Å²) in [6.07, 6.45) is 1.41. The van der Waals surface area contributed by atoms with Crippen LogP contribution in [-0.2, 0) is 0 Å². The van der Waals surface area contributed by atoms with Gasteiger partial charge in [-0.3, -0.25) is 4.79 Å². The molecule has 0 unspecified atom stereocenters. The number of rotatable bonds is 6. The first-order valence-electron chi connectivity index (χ1n) is 8.61. The van der Waals surface area contributed by atoms with Gasteiger partial charge in [-0.05, 0) is 60.7 Å². The zero-order chi connectivity index (χ0) is 20.6. The number of amides is 1. The van der Waals surface area contributed by atoms with Crippen LogP contribution in [0.3, 0.4) is 0 Å². The summed E-state index contributed by atoms with van der Waals surface area (Å²) in [6.45, 7) is 0. The van der Waals surface area contributed by atoms with E-state index in [1.165, 1.54) is 6.21 Å². The number of halogens is 1. The van der Waals surface area contributed by atoms with Crippen LogP contribution in [-0.4, -0.2) is 25.2 Å². The highest BCUT2D eigenvalue weighted by molar-refractivity contribution is 6.30. The molecule has 0 saturated heterocycles. The first-order chi connectivity index (χ1) is 14.1. The van der Waals surface area contributed by atoms with Crippen molar-refractivity contribution in [1.29, 1.82) is 0 Å². The fourth-order valence-electron chi connectivity index (χ4n) is 2.39. The average molecular weight is 409 g/mol. The van der Waals surface area contributed by atoms with E-state index in [9.17, 15) is 9.59 Å². The van der Waals surface area contributed by atoms with Crippen LogP contribution in [0.2, 0.25) is 5.02 Å². The highest BCUT2D eigenvalue weighted by Gasteiger charge is 2.11. The van der Waals surface area contributed by atoms with Crippen molar-refractivity contribution in [2.75, 3.05) is 7.11 Å². The molecular formula is C22H17ClN2O4. The Labute approximate surface area is 172 Å². The lowest BCUT2D eigenvalue weighted by atomic mass is 10.2. The molecule has 1 N–H and O–H groups in total. The predicted octanol–water partition coefficient (Wildman–Crippen LogP) is 4.33. The van der Waals surface area contributed by atoms with Crippen molar-refractivity contribution in [2.24, 2.45) is 5.10 Å². The van der Waals surface area contributed by atoms with Crippen LogP contribution in [0.25, 0.3) is 0 Å². The highest BCUT2D eigenvalue weighted by atomic mass is 35.5. The summed E-state index contributed by atoms with van der Waals surface area (Å²) in [7, 11) is 1.55. The largest absolute Gasteiger partial charge is 0.497 e. The quantitative estimate of drug-likeness (QED) is 0.285. The number of para-hydroxylation sites is 1. The molecule has 0 atom stereocenters. The van der Waals surface area contributed by atoms with E-state index in [1.54, 1.807) is 79.9 Å². The van der Waals surface area contributed by atoms with Gasteiger partial charge in [0.1, 0.15) is 11.5 Å². The lowest BCUT2D eigenvalue weighted by Gasteiger charge is -2.08. The molecule has 3 rings (SSSR count). The third-order valence-electron chi connectivity index (χ3n) is 3.92. The Morgan fingerprint density at radius 3 is 2.28 bits per heavy atom. The van der Waals surface area contributed by atoms with E-state index in [1.807, 2.05) is 0 Å². The van der Waals surface area contributed by atoms with Crippen LogP contribution in [0.4, 0.5) is 0 Å². The lowest BCUT2D eigenvalue weighted by molar-refractivity contribution is 0.0734. The minimum atomic E-state index is -0.515. The van der Waals surface area contributed by atoms with Gasteiger partial charge >= 0.3 is 5.97 Å². The van der Waals surface area contributed by atoms with E-state index in [2.05, 4.69) is 10.5 Å². The topological polar surface area (TPSA) is 77.0 Å². The normalized spacial score (nSPS) is 10.6. The van der Waals surface area contributed by atoms with Gasteiger partial charge in [0.05, 0.1) is 18.9 Å². The summed E-state index contributed by atoms with van der Waals surface area (Å²) in [5.74, 6) is 0.0626. The van der Waals surface area contributed by atoms with Gasteiger partial charge in [0.2, 0.25) is 0 Å². The SMILES string of the molecule is COc1ccc(C(=O)Oc2ccccc2/C=N\NC(=O)c2ccc(Cl)cc2)cc1. The molecule has 3 aromatic rings. The second-order valence-corrected chi connectivity index (χ2v) is 6.30. The number of hydrogen-bond donors (Lipinski definition) is 1. The molecule has 0 spiro atoms. The monoisotopic (exact) mass is 408 g/mol. The standard InChI is InChI=1S/C22H17ClN2O4/c1-28-19-12-8-16(9-13-19)22(27)29-20-5-3-2-4-17(20)14-24-25-21(26)15-6-10-18(23)11-7-15/h2-14H,1H3,(H,25,26)/b24-14-. The van der Waals surface area contributed by atoms with E-state index in [4.69, 9.17) is 21.1 Å². The van der Waals surface area contributed by atoms with Crippen molar-refractivity contribution >= 4 is 29.7 Å². The molecule has 0 heterocycles. The first-order valence-corrected chi connectivity index (χ1v) is 8.99. The second kappa shape index (κ2) is 9.52. The van der Waals surface area contributed by atoms with Crippen molar-refractivity contribution < 1.29 is 19.1 Å². The number of hydrazone groups is 1. The minimum Gasteiger partial charge on any atom is -0.497 e. The summed E-state index contributed by atoms with van der Waals surface area (Å²) in [5, 5.41) is 4.48.